The molecule has 0 spiro atoms. The zero-order valence-electron chi connectivity index (χ0n) is 11.1. The third kappa shape index (κ3) is 2.36. The topological polar surface area (TPSA) is 81.2 Å². The fourth-order valence-corrected chi connectivity index (χ4v) is 3.91. The van der Waals surface area contributed by atoms with Gasteiger partial charge in [-0.15, -0.1) is 5.10 Å². The Balaban J connectivity index is 1.83. The summed E-state index contributed by atoms with van der Waals surface area (Å²) in [6, 6.07) is 3.19. The summed E-state index contributed by atoms with van der Waals surface area (Å²) in [5.74, 6) is 0.591. The van der Waals surface area contributed by atoms with Crippen molar-refractivity contribution in [2.45, 2.75) is 30.9 Å². The number of furan rings is 1. The van der Waals surface area contributed by atoms with Gasteiger partial charge in [-0.3, -0.25) is 0 Å². The maximum atomic E-state index is 12.5. The minimum absolute atomic E-state index is 0.00856. The van der Waals surface area contributed by atoms with Gasteiger partial charge in [0.25, 0.3) is 10.0 Å². The molecule has 1 fully saturated rings. The highest BCUT2D eigenvalue weighted by Crippen LogP contribution is 2.26. The lowest BCUT2D eigenvalue weighted by Gasteiger charge is -2.30. The predicted molar refractivity (Wildman–Crippen MR) is 70.5 cm³/mol. The minimum atomic E-state index is -3.56. The molecule has 0 aliphatic carbocycles. The number of nitrogens with zero attached hydrogens (tertiary/aromatic N) is 4. The lowest BCUT2D eigenvalue weighted by atomic mass is 10.1. The molecule has 0 bridgehead atoms. The van der Waals surface area contributed by atoms with Crippen LogP contribution in [-0.2, 0) is 10.0 Å². The van der Waals surface area contributed by atoms with Crippen LogP contribution in [0.2, 0.25) is 0 Å². The van der Waals surface area contributed by atoms with Crippen molar-refractivity contribution in [3.63, 3.8) is 0 Å². The molecule has 20 heavy (non-hydrogen) atoms. The summed E-state index contributed by atoms with van der Waals surface area (Å²) in [4.78, 5) is 0. The van der Waals surface area contributed by atoms with Crippen LogP contribution < -0.4 is 0 Å². The summed E-state index contributed by atoms with van der Waals surface area (Å²) < 4.78 is 33.4. The van der Waals surface area contributed by atoms with Crippen molar-refractivity contribution in [3.8, 4) is 0 Å². The normalized spacial score (nSPS) is 21.1. The van der Waals surface area contributed by atoms with Gasteiger partial charge in [0.1, 0.15) is 5.76 Å². The lowest BCUT2D eigenvalue weighted by molar-refractivity contribution is 0.246. The van der Waals surface area contributed by atoms with E-state index in [2.05, 4.69) is 10.3 Å². The highest BCUT2D eigenvalue weighted by atomic mass is 32.2. The molecule has 0 saturated carbocycles. The van der Waals surface area contributed by atoms with Gasteiger partial charge in [-0.2, -0.15) is 4.31 Å². The van der Waals surface area contributed by atoms with Crippen LogP contribution in [0.25, 0.3) is 0 Å². The smallest absolute Gasteiger partial charge is 0.276 e. The van der Waals surface area contributed by atoms with E-state index >= 15 is 0 Å². The molecule has 1 aliphatic heterocycles. The monoisotopic (exact) mass is 296 g/mol. The number of hydrogen-bond donors (Lipinski definition) is 0. The molecule has 8 heteroatoms. The Hall–Kier alpha value is -1.67. The van der Waals surface area contributed by atoms with E-state index in [0.717, 1.165) is 12.8 Å². The Labute approximate surface area is 117 Å². The molecule has 0 N–H and O–H groups in total. The number of piperidine rings is 1. The highest BCUT2D eigenvalue weighted by Gasteiger charge is 2.33. The van der Waals surface area contributed by atoms with Crippen molar-refractivity contribution < 1.29 is 12.8 Å². The van der Waals surface area contributed by atoms with Gasteiger partial charge in [-0.1, -0.05) is 5.21 Å². The van der Waals surface area contributed by atoms with Gasteiger partial charge < -0.3 is 4.42 Å². The number of aryl methyl sites for hydroxylation is 1. The largest absolute Gasteiger partial charge is 0.449 e. The summed E-state index contributed by atoms with van der Waals surface area (Å²) >= 11 is 0. The van der Waals surface area contributed by atoms with Crippen molar-refractivity contribution in [3.05, 3.63) is 30.3 Å². The number of sulfonamides is 1. The standard InChI is InChI=1S/C12H16N4O3S/c1-10-4-5-12(19-10)20(17,18)15-7-2-3-11(9-15)16-8-6-13-14-16/h4-6,8,11H,2-3,7,9H2,1H3. The Morgan fingerprint density at radius 2 is 2.25 bits per heavy atom. The second kappa shape index (κ2) is 5.02. The molecule has 1 aliphatic rings. The Bertz CT molecular complexity index is 677. The number of rotatable bonds is 3. The third-order valence-electron chi connectivity index (χ3n) is 3.48. The summed E-state index contributed by atoms with van der Waals surface area (Å²) in [5.41, 5.74) is 0. The van der Waals surface area contributed by atoms with Crippen molar-refractivity contribution in [2.24, 2.45) is 0 Å². The van der Waals surface area contributed by atoms with Gasteiger partial charge in [0.15, 0.2) is 0 Å². The molecule has 1 atom stereocenters. The molecule has 2 aromatic rings. The van der Waals surface area contributed by atoms with Crippen LogP contribution in [-0.4, -0.2) is 40.8 Å². The zero-order chi connectivity index (χ0) is 14.2. The number of aromatic nitrogens is 3. The summed E-state index contributed by atoms with van der Waals surface area (Å²) in [6.07, 6.45) is 5.05. The molecule has 3 heterocycles. The average molecular weight is 296 g/mol. The zero-order valence-corrected chi connectivity index (χ0v) is 12.0. The molecule has 108 valence electrons. The van der Waals surface area contributed by atoms with E-state index in [-0.39, 0.29) is 11.1 Å². The van der Waals surface area contributed by atoms with Crippen LogP contribution in [0.5, 0.6) is 0 Å². The summed E-state index contributed by atoms with van der Waals surface area (Å²) in [5, 5.41) is 7.74. The first-order chi connectivity index (χ1) is 9.57. The van der Waals surface area contributed by atoms with E-state index in [1.54, 1.807) is 30.1 Å². The fourth-order valence-electron chi connectivity index (χ4n) is 2.45. The fraction of sp³-hybridized carbons (Fsp3) is 0.500. The Kier molecular flexibility index (Phi) is 3.35. The number of hydrogen-bond acceptors (Lipinski definition) is 5. The van der Waals surface area contributed by atoms with Crippen LogP contribution in [0.4, 0.5) is 0 Å². The van der Waals surface area contributed by atoms with Crippen molar-refractivity contribution in [1.82, 2.24) is 19.3 Å². The van der Waals surface area contributed by atoms with Gasteiger partial charge in [-0.05, 0) is 31.9 Å². The minimum Gasteiger partial charge on any atom is -0.449 e. The quantitative estimate of drug-likeness (QED) is 0.850. The maximum absolute atomic E-state index is 12.5. The SMILES string of the molecule is Cc1ccc(S(=O)(=O)N2CCCC(n3ccnn3)C2)o1. The molecule has 3 rings (SSSR count). The van der Waals surface area contributed by atoms with Crippen molar-refractivity contribution >= 4 is 10.0 Å². The Morgan fingerprint density at radius 1 is 1.40 bits per heavy atom. The van der Waals surface area contributed by atoms with Gasteiger partial charge in [0, 0.05) is 19.3 Å². The second-order valence-electron chi connectivity index (χ2n) is 4.91. The maximum Gasteiger partial charge on any atom is 0.276 e. The average Bonchev–Trinajstić information content (AvgIpc) is 3.10. The van der Waals surface area contributed by atoms with Gasteiger partial charge in [-0.25, -0.2) is 13.1 Å². The first-order valence-electron chi connectivity index (χ1n) is 6.50. The molecule has 0 aromatic carbocycles. The molecular formula is C12H16N4O3S. The van der Waals surface area contributed by atoms with Crippen LogP contribution in [0.15, 0.2) is 34.0 Å². The molecule has 2 aromatic heterocycles. The summed E-state index contributed by atoms with van der Waals surface area (Å²) in [6.45, 7) is 2.63. The first kappa shape index (κ1) is 13.3. The van der Waals surface area contributed by atoms with Crippen LogP contribution in [0.1, 0.15) is 24.6 Å². The predicted octanol–water partition coefficient (Wildman–Crippen LogP) is 1.21. The van der Waals surface area contributed by atoms with E-state index in [1.165, 1.54) is 10.4 Å². The first-order valence-corrected chi connectivity index (χ1v) is 7.94. The van der Waals surface area contributed by atoms with Crippen molar-refractivity contribution in [1.29, 1.82) is 0 Å². The lowest BCUT2D eigenvalue weighted by Crippen LogP contribution is -2.40. The molecule has 0 amide bonds. The molecule has 0 radical (unpaired) electrons. The van der Waals surface area contributed by atoms with E-state index in [9.17, 15) is 8.42 Å². The van der Waals surface area contributed by atoms with E-state index in [4.69, 9.17) is 4.42 Å². The molecule has 1 saturated heterocycles. The van der Waals surface area contributed by atoms with Gasteiger partial charge >= 0.3 is 0 Å². The third-order valence-corrected chi connectivity index (χ3v) is 5.22. The van der Waals surface area contributed by atoms with E-state index < -0.39 is 10.0 Å². The second-order valence-corrected chi connectivity index (χ2v) is 6.78. The summed E-state index contributed by atoms with van der Waals surface area (Å²) in [7, 11) is -3.56. The molecule has 1 unspecified atom stereocenters. The Morgan fingerprint density at radius 3 is 2.90 bits per heavy atom. The van der Waals surface area contributed by atoms with Crippen LogP contribution in [0, 0.1) is 6.92 Å². The van der Waals surface area contributed by atoms with Gasteiger partial charge in [0.05, 0.1) is 12.2 Å². The highest BCUT2D eigenvalue weighted by molar-refractivity contribution is 7.89. The van der Waals surface area contributed by atoms with Crippen LogP contribution in [0.3, 0.4) is 0 Å². The van der Waals surface area contributed by atoms with Crippen LogP contribution >= 0.6 is 0 Å². The molecular weight excluding hydrogens is 280 g/mol. The van der Waals surface area contributed by atoms with Crippen molar-refractivity contribution in [2.75, 3.05) is 13.1 Å². The van der Waals surface area contributed by atoms with E-state index in [1.807, 2.05) is 0 Å². The molecule has 7 nitrogen and oxygen atoms in total. The van der Waals surface area contributed by atoms with Gasteiger partial charge in [0.2, 0.25) is 5.09 Å². The van der Waals surface area contributed by atoms with E-state index in [0.29, 0.717) is 18.8 Å².